The number of aromatic hydroxyl groups is 1. The van der Waals surface area contributed by atoms with Crippen LogP contribution in [0, 0.1) is 17.0 Å². The smallest absolute Gasteiger partial charge is 0.342 e. The Hall–Kier alpha value is -3.75. The summed E-state index contributed by atoms with van der Waals surface area (Å²) in [6.07, 6.45) is -0.850. The van der Waals surface area contributed by atoms with Crippen molar-refractivity contribution in [2.24, 2.45) is 0 Å². The third-order valence-electron chi connectivity index (χ3n) is 3.85. The minimum Gasteiger partial charge on any atom is -0.507 e. The molecule has 0 unspecified atom stereocenters. The van der Waals surface area contributed by atoms with E-state index in [9.17, 15) is 20.0 Å². The van der Waals surface area contributed by atoms with Crippen molar-refractivity contribution in [3.05, 3.63) is 69.6 Å². The maximum atomic E-state index is 12.2. The van der Waals surface area contributed by atoms with Crippen LogP contribution in [-0.4, -0.2) is 26.2 Å². The monoisotopic (exact) mass is 369 g/mol. The fraction of sp³-hybridized carbons (Fsp3) is 0.167. The zero-order valence-electron chi connectivity index (χ0n) is 14.4. The van der Waals surface area contributed by atoms with E-state index in [0.717, 1.165) is 0 Å². The summed E-state index contributed by atoms with van der Waals surface area (Å²) >= 11 is 0. The van der Waals surface area contributed by atoms with Crippen LogP contribution in [0.4, 0.5) is 5.69 Å². The number of hydrogen-bond acceptors (Lipinski definition) is 8. The quantitative estimate of drug-likeness (QED) is 0.410. The molecular formula is C18H15N3O6. The van der Waals surface area contributed by atoms with Gasteiger partial charge in [-0.3, -0.25) is 10.1 Å². The van der Waals surface area contributed by atoms with E-state index < -0.39 is 17.0 Å². The molecule has 0 fully saturated rings. The first kappa shape index (κ1) is 18.1. The summed E-state index contributed by atoms with van der Waals surface area (Å²) in [5.74, 6) is -0.671. The first-order valence-electron chi connectivity index (χ1n) is 7.94. The van der Waals surface area contributed by atoms with E-state index in [2.05, 4.69) is 10.2 Å². The topological polar surface area (TPSA) is 129 Å². The molecule has 1 atom stereocenters. The van der Waals surface area contributed by atoms with Crippen molar-refractivity contribution in [1.29, 1.82) is 0 Å². The minimum atomic E-state index is -0.850. The van der Waals surface area contributed by atoms with Crippen LogP contribution in [0.1, 0.15) is 34.8 Å². The summed E-state index contributed by atoms with van der Waals surface area (Å²) < 4.78 is 10.8. The highest BCUT2D eigenvalue weighted by molar-refractivity contribution is 5.92. The third-order valence-corrected chi connectivity index (χ3v) is 3.85. The SMILES string of the molecule is Cc1cccc(C(=O)O[C@H](C)c2nnc(-c3ccc([N+](=O)[O-])cc3)o2)c1O. The van der Waals surface area contributed by atoms with Crippen LogP contribution in [0.5, 0.6) is 5.75 Å². The highest BCUT2D eigenvalue weighted by Crippen LogP contribution is 2.27. The van der Waals surface area contributed by atoms with Gasteiger partial charge in [-0.05, 0) is 37.6 Å². The van der Waals surface area contributed by atoms with Crippen molar-refractivity contribution in [1.82, 2.24) is 10.2 Å². The van der Waals surface area contributed by atoms with Gasteiger partial charge in [0.15, 0.2) is 6.10 Å². The van der Waals surface area contributed by atoms with Gasteiger partial charge in [0.1, 0.15) is 11.3 Å². The number of carbonyl (C=O) groups excluding carboxylic acids is 1. The summed E-state index contributed by atoms with van der Waals surface area (Å²) in [4.78, 5) is 22.4. The molecule has 138 valence electrons. The lowest BCUT2D eigenvalue weighted by Crippen LogP contribution is -2.10. The van der Waals surface area contributed by atoms with E-state index in [1.54, 1.807) is 26.0 Å². The van der Waals surface area contributed by atoms with Gasteiger partial charge in [-0.25, -0.2) is 4.79 Å². The number of hydrogen-bond donors (Lipinski definition) is 1. The molecule has 9 heteroatoms. The van der Waals surface area contributed by atoms with Gasteiger partial charge >= 0.3 is 5.97 Å². The van der Waals surface area contributed by atoms with E-state index >= 15 is 0 Å². The maximum absolute atomic E-state index is 12.2. The fourth-order valence-electron chi connectivity index (χ4n) is 2.34. The molecule has 3 aromatic rings. The number of nitro groups is 1. The molecule has 0 aliphatic rings. The van der Waals surface area contributed by atoms with Crippen LogP contribution in [0.15, 0.2) is 46.9 Å². The van der Waals surface area contributed by atoms with Crippen LogP contribution >= 0.6 is 0 Å². The molecule has 0 saturated heterocycles. The Balaban J connectivity index is 1.74. The number of carbonyl (C=O) groups is 1. The summed E-state index contributed by atoms with van der Waals surface area (Å²) in [6.45, 7) is 3.22. The molecule has 0 aliphatic heterocycles. The van der Waals surface area contributed by atoms with Crippen molar-refractivity contribution in [2.45, 2.75) is 20.0 Å². The molecular weight excluding hydrogens is 354 g/mol. The number of ether oxygens (including phenoxy) is 1. The van der Waals surface area contributed by atoms with Gasteiger partial charge < -0.3 is 14.3 Å². The number of nitro benzene ring substituents is 1. The molecule has 0 spiro atoms. The van der Waals surface area contributed by atoms with Crippen LogP contribution in [0.25, 0.3) is 11.5 Å². The molecule has 27 heavy (non-hydrogen) atoms. The van der Waals surface area contributed by atoms with Crippen molar-refractivity contribution >= 4 is 11.7 Å². The van der Waals surface area contributed by atoms with Gasteiger partial charge in [-0.15, -0.1) is 10.2 Å². The van der Waals surface area contributed by atoms with Crippen LogP contribution in [-0.2, 0) is 4.74 Å². The van der Waals surface area contributed by atoms with E-state index in [1.807, 2.05) is 0 Å². The Bertz CT molecular complexity index is 997. The summed E-state index contributed by atoms with van der Waals surface area (Å²) in [7, 11) is 0. The third kappa shape index (κ3) is 3.76. The first-order chi connectivity index (χ1) is 12.9. The highest BCUT2D eigenvalue weighted by Gasteiger charge is 2.22. The molecule has 1 heterocycles. The molecule has 3 rings (SSSR count). The Morgan fingerprint density at radius 1 is 1.22 bits per heavy atom. The van der Waals surface area contributed by atoms with E-state index in [0.29, 0.717) is 11.1 Å². The molecule has 2 aromatic carbocycles. The van der Waals surface area contributed by atoms with E-state index in [-0.39, 0.29) is 28.8 Å². The number of benzene rings is 2. The zero-order valence-corrected chi connectivity index (χ0v) is 14.4. The highest BCUT2D eigenvalue weighted by atomic mass is 16.6. The Morgan fingerprint density at radius 2 is 1.93 bits per heavy atom. The minimum absolute atomic E-state index is 0.0388. The van der Waals surface area contributed by atoms with Gasteiger partial charge in [0.25, 0.3) is 11.6 Å². The van der Waals surface area contributed by atoms with E-state index in [1.165, 1.54) is 30.3 Å². The molecule has 1 aromatic heterocycles. The second kappa shape index (κ2) is 7.24. The number of para-hydroxylation sites is 1. The number of nitrogens with zero attached hydrogens (tertiary/aromatic N) is 3. The number of phenols is 1. The molecule has 1 N–H and O–H groups in total. The lowest BCUT2D eigenvalue weighted by atomic mass is 10.1. The average molecular weight is 369 g/mol. The molecule has 0 amide bonds. The normalized spacial score (nSPS) is 11.8. The van der Waals surface area contributed by atoms with Gasteiger partial charge in [-0.2, -0.15) is 0 Å². The summed E-state index contributed by atoms with van der Waals surface area (Å²) in [5.41, 5.74) is 1.03. The van der Waals surface area contributed by atoms with Gasteiger partial charge in [0.2, 0.25) is 5.89 Å². The van der Waals surface area contributed by atoms with E-state index in [4.69, 9.17) is 9.15 Å². The van der Waals surface area contributed by atoms with Crippen molar-refractivity contribution in [3.63, 3.8) is 0 Å². The molecule has 0 radical (unpaired) electrons. The van der Waals surface area contributed by atoms with Crippen molar-refractivity contribution in [3.8, 4) is 17.2 Å². The maximum Gasteiger partial charge on any atom is 0.342 e. The van der Waals surface area contributed by atoms with Gasteiger partial charge in [0, 0.05) is 17.7 Å². The lowest BCUT2D eigenvalue weighted by molar-refractivity contribution is -0.384. The second-order valence-corrected chi connectivity index (χ2v) is 5.77. The Kier molecular flexibility index (Phi) is 4.84. The largest absolute Gasteiger partial charge is 0.507 e. The molecule has 0 bridgehead atoms. The predicted molar refractivity (Wildman–Crippen MR) is 93.1 cm³/mol. The number of esters is 1. The average Bonchev–Trinajstić information content (AvgIpc) is 3.14. The first-order valence-corrected chi connectivity index (χ1v) is 7.94. The van der Waals surface area contributed by atoms with Gasteiger partial charge in [-0.1, -0.05) is 12.1 Å². The molecule has 0 saturated carbocycles. The number of non-ortho nitro benzene ring substituents is 1. The number of aryl methyl sites for hydroxylation is 1. The van der Waals surface area contributed by atoms with Crippen LogP contribution in [0.2, 0.25) is 0 Å². The van der Waals surface area contributed by atoms with Crippen molar-refractivity contribution < 1.29 is 24.0 Å². The number of phenolic OH excluding ortho intramolecular Hbond substituents is 1. The second-order valence-electron chi connectivity index (χ2n) is 5.77. The molecule has 0 aliphatic carbocycles. The zero-order chi connectivity index (χ0) is 19.6. The Morgan fingerprint density at radius 3 is 2.59 bits per heavy atom. The van der Waals surface area contributed by atoms with Crippen LogP contribution < -0.4 is 0 Å². The van der Waals surface area contributed by atoms with Gasteiger partial charge in [0.05, 0.1) is 4.92 Å². The fourth-order valence-corrected chi connectivity index (χ4v) is 2.34. The summed E-state index contributed by atoms with van der Waals surface area (Å²) in [6, 6.07) is 10.4. The standard InChI is InChI=1S/C18H15N3O6/c1-10-4-3-5-14(15(10)22)18(23)26-11(2)16-19-20-17(27-16)12-6-8-13(9-7-12)21(24)25/h3-9,11,22H,1-2H3/t11-/m1/s1. The Labute approximate surface area is 153 Å². The summed E-state index contributed by atoms with van der Waals surface area (Å²) in [5, 5.41) is 28.4. The number of aromatic nitrogens is 2. The van der Waals surface area contributed by atoms with Crippen molar-refractivity contribution in [2.75, 3.05) is 0 Å². The number of rotatable bonds is 5. The predicted octanol–water partition coefficient (Wildman–Crippen LogP) is 3.58. The lowest BCUT2D eigenvalue weighted by Gasteiger charge is -2.11. The molecule has 9 nitrogen and oxygen atoms in total. The van der Waals surface area contributed by atoms with Crippen LogP contribution in [0.3, 0.4) is 0 Å².